The summed E-state index contributed by atoms with van der Waals surface area (Å²) in [6, 6.07) is 4.93. The maximum atomic E-state index is 9.54. The normalized spacial score (nSPS) is 17.9. The molecule has 1 aromatic rings. The molecule has 16 heavy (non-hydrogen) atoms. The summed E-state index contributed by atoms with van der Waals surface area (Å²) < 4.78 is 0. The Labute approximate surface area is 96.9 Å². The largest absolute Gasteiger partial charge is 0.508 e. The first-order chi connectivity index (χ1) is 7.50. The van der Waals surface area contributed by atoms with Crippen LogP contribution in [0.1, 0.15) is 45.1 Å². The number of benzene rings is 1. The van der Waals surface area contributed by atoms with E-state index in [1.807, 2.05) is 0 Å². The van der Waals surface area contributed by atoms with Gasteiger partial charge >= 0.3 is 0 Å². The van der Waals surface area contributed by atoms with E-state index in [1.165, 1.54) is 31.7 Å². The van der Waals surface area contributed by atoms with Gasteiger partial charge in [0.15, 0.2) is 0 Å². The third-order valence-corrected chi connectivity index (χ3v) is 4.02. The van der Waals surface area contributed by atoms with Gasteiger partial charge in [-0.25, -0.2) is 0 Å². The van der Waals surface area contributed by atoms with Gasteiger partial charge < -0.3 is 10.2 Å². The van der Waals surface area contributed by atoms with Crippen LogP contribution in [0.25, 0.3) is 0 Å². The third kappa shape index (κ3) is 2.01. The summed E-state index contributed by atoms with van der Waals surface area (Å²) in [6.45, 7) is 4.41. The van der Waals surface area contributed by atoms with E-state index >= 15 is 0 Å². The van der Waals surface area contributed by atoms with Crippen LogP contribution in [0.2, 0.25) is 0 Å². The van der Waals surface area contributed by atoms with E-state index in [0.29, 0.717) is 5.92 Å². The molecule has 0 saturated heterocycles. The van der Waals surface area contributed by atoms with Gasteiger partial charge in [-0.3, -0.25) is 0 Å². The van der Waals surface area contributed by atoms with Gasteiger partial charge in [0, 0.05) is 6.07 Å². The average Bonchev–Trinajstić information content (AvgIpc) is 2.69. The van der Waals surface area contributed by atoms with Crippen LogP contribution >= 0.6 is 0 Å². The summed E-state index contributed by atoms with van der Waals surface area (Å²) in [7, 11) is 0. The van der Waals surface area contributed by atoms with Crippen LogP contribution < -0.4 is 0 Å². The molecule has 0 atom stereocenters. The molecule has 2 heteroatoms. The molecule has 1 aliphatic carbocycles. The SMILES string of the molecule is CC(C)(c1cc(O)cc(O)c1)C1CCCC1. The second-order valence-corrected chi connectivity index (χ2v) is 5.44. The number of rotatable bonds is 2. The highest BCUT2D eigenvalue weighted by atomic mass is 16.3. The van der Waals surface area contributed by atoms with Crippen LogP contribution in [0.15, 0.2) is 18.2 Å². The zero-order valence-corrected chi connectivity index (χ0v) is 10.0. The second-order valence-electron chi connectivity index (χ2n) is 5.44. The summed E-state index contributed by atoms with van der Waals surface area (Å²) in [5.74, 6) is 0.968. The number of phenols is 2. The van der Waals surface area contributed by atoms with E-state index in [9.17, 15) is 10.2 Å². The summed E-state index contributed by atoms with van der Waals surface area (Å²) in [5.41, 5.74) is 1.07. The summed E-state index contributed by atoms with van der Waals surface area (Å²) in [5, 5.41) is 19.1. The lowest BCUT2D eigenvalue weighted by Crippen LogP contribution is -2.26. The quantitative estimate of drug-likeness (QED) is 0.800. The summed E-state index contributed by atoms with van der Waals surface area (Å²) in [4.78, 5) is 0. The van der Waals surface area contributed by atoms with Crippen molar-refractivity contribution in [3.8, 4) is 11.5 Å². The molecule has 1 fully saturated rings. The molecule has 88 valence electrons. The minimum Gasteiger partial charge on any atom is -0.508 e. The van der Waals surface area contributed by atoms with Crippen molar-refractivity contribution in [2.24, 2.45) is 5.92 Å². The van der Waals surface area contributed by atoms with Crippen LogP contribution in [-0.2, 0) is 5.41 Å². The van der Waals surface area contributed by atoms with E-state index < -0.39 is 0 Å². The number of aromatic hydroxyl groups is 2. The van der Waals surface area contributed by atoms with Crippen molar-refractivity contribution < 1.29 is 10.2 Å². The Morgan fingerprint density at radius 3 is 2.00 bits per heavy atom. The standard InChI is InChI=1S/C14H20O2/c1-14(2,10-5-3-4-6-10)11-7-12(15)9-13(16)8-11/h7-10,15-16H,3-6H2,1-2H3. The molecule has 0 spiro atoms. The minimum atomic E-state index is 0.0344. The minimum absolute atomic E-state index is 0.0344. The van der Waals surface area contributed by atoms with E-state index in [2.05, 4.69) is 13.8 Å². The monoisotopic (exact) mass is 220 g/mol. The molecule has 0 unspecified atom stereocenters. The molecule has 1 aliphatic rings. The molecule has 1 aromatic carbocycles. The van der Waals surface area contributed by atoms with Crippen LogP contribution in [0, 0.1) is 5.92 Å². The van der Waals surface area contributed by atoms with Gasteiger partial charge in [0.1, 0.15) is 11.5 Å². The van der Waals surface area contributed by atoms with Crippen molar-refractivity contribution in [2.45, 2.75) is 44.9 Å². The topological polar surface area (TPSA) is 40.5 Å². The number of hydrogen-bond acceptors (Lipinski definition) is 2. The average molecular weight is 220 g/mol. The maximum absolute atomic E-state index is 9.54. The van der Waals surface area contributed by atoms with Gasteiger partial charge in [0.25, 0.3) is 0 Å². The Morgan fingerprint density at radius 1 is 1.00 bits per heavy atom. The van der Waals surface area contributed by atoms with Crippen LogP contribution in [0.4, 0.5) is 0 Å². The highest BCUT2D eigenvalue weighted by Crippen LogP contribution is 2.43. The van der Waals surface area contributed by atoms with Crippen molar-refractivity contribution >= 4 is 0 Å². The van der Waals surface area contributed by atoms with Crippen LogP contribution in [0.3, 0.4) is 0 Å². The smallest absolute Gasteiger partial charge is 0.119 e. The van der Waals surface area contributed by atoms with E-state index in [1.54, 1.807) is 12.1 Å². The van der Waals surface area contributed by atoms with Crippen molar-refractivity contribution in [3.05, 3.63) is 23.8 Å². The lowest BCUT2D eigenvalue weighted by molar-refractivity contribution is 0.322. The van der Waals surface area contributed by atoms with Crippen LogP contribution in [-0.4, -0.2) is 10.2 Å². The fourth-order valence-electron chi connectivity index (χ4n) is 2.85. The third-order valence-electron chi connectivity index (χ3n) is 4.02. The molecular formula is C14H20O2. The number of hydrogen-bond donors (Lipinski definition) is 2. The van der Waals surface area contributed by atoms with Gasteiger partial charge in [-0.1, -0.05) is 26.7 Å². The highest BCUT2D eigenvalue weighted by molar-refractivity contribution is 5.40. The van der Waals surface area contributed by atoms with Gasteiger partial charge in [0.05, 0.1) is 0 Å². The molecule has 0 heterocycles. The maximum Gasteiger partial charge on any atom is 0.119 e. The first kappa shape index (κ1) is 11.3. The van der Waals surface area contributed by atoms with E-state index in [4.69, 9.17) is 0 Å². The van der Waals surface area contributed by atoms with E-state index in [0.717, 1.165) is 5.56 Å². The highest BCUT2D eigenvalue weighted by Gasteiger charge is 2.33. The van der Waals surface area contributed by atoms with Crippen molar-refractivity contribution in [1.82, 2.24) is 0 Å². The zero-order valence-electron chi connectivity index (χ0n) is 10.0. The van der Waals surface area contributed by atoms with Crippen molar-refractivity contribution in [3.63, 3.8) is 0 Å². The Hall–Kier alpha value is -1.18. The van der Waals surface area contributed by atoms with E-state index in [-0.39, 0.29) is 16.9 Å². The van der Waals surface area contributed by atoms with Gasteiger partial charge in [-0.05, 0) is 41.9 Å². The molecule has 0 bridgehead atoms. The van der Waals surface area contributed by atoms with Gasteiger partial charge in [-0.2, -0.15) is 0 Å². The Balaban J connectivity index is 2.33. The van der Waals surface area contributed by atoms with Gasteiger partial charge in [-0.15, -0.1) is 0 Å². The molecule has 1 saturated carbocycles. The lowest BCUT2D eigenvalue weighted by Gasteiger charge is -2.32. The zero-order chi connectivity index (χ0) is 11.8. The fourth-order valence-corrected chi connectivity index (χ4v) is 2.85. The molecule has 2 nitrogen and oxygen atoms in total. The molecule has 0 aromatic heterocycles. The molecular weight excluding hydrogens is 200 g/mol. The predicted octanol–water partition coefficient (Wildman–Crippen LogP) is 3.57. The second kappa shape index (κ2) is 4.00. The van der Waals surface area contributed by atoms with Crippen LogP contribution in [0.5, 0.6) is 11.5 Å². The molecule has 0 amide bonds. The predicted molar refractivity (Wildman–Crippen MR) is 64.8 cm³/mol. The number of phenolic OH excluding ortho intramolecular Hbond substituents is 2. The Kier molecular flexibility index (Phi) is 2.83. The molecule has 2 N–H and O–H groups in total. The lowest BCUT2D eigenvalue weighted by atomic mass is 9.72. The molecule has 0 aliphatic heterocycles. The van der Waals surface area contributed by atoms with Crippen molar-refractivity contribution in [1.29, 1.82) is 0 Å². The Morgan fingerprint density at radius 2 is 1.50 bits per heavy atom. The molecule has 2 rings (SSSR count). The Bertz CT molecular complexity index is 356. The molecule has 0 radical (unpaired) electrons. The first-order valence-electron chi connectivity index (χ1n) is 6.03. The first-order valence-corrected chi connectivity index (χ1v) is 6.03. The van der Waals surface area contributed by atoms with Crippen molar-refractivity contribution in [2.75, 3.05) is 0 Å². The summed E-state index contributed by atoms with van der Waals surface area (Å²) >= 11 is 0. The fraction of sp³-hybridized carbons (Fsp3) is 0.571. The van der Waals surface area contributed by atoms with Gasteiger partial charge in [0.2, 0.25) is 0 Å². The summed E-state index contributed by atoms with van der Waals surface area (Å²) in [6.07, 6.45) is 5.12.